The van der Waals surface area contributed by atoms with Crippen molar-refractivity contribution in [3.05, 3.63) is 68.6 Å². The summed E-state index contributed by atoms with van der Waals surface area (Å²) in [5, 5.41) is 0.722. The van der Waals surface area contributed by atoms with Crippen LogP contribution in [0.2, 0.25) is 5.02 Å². The number of ether oxygens (including phenoxy) is 1. The fraction of sp³-hybridized carbons (Fsp3) is 0.421. The topological polar surface area (TPSA) is 45.3 Å². The van der Waals surface area contributed by atoms with Crippen LogP contribution in [0.25, 0.3) is 0 Å². The molecule has 0 bridgehead atoms. The molecule has 24 heavy (non-hydrogen) atoms. The third-order valence-electron chi connectivity index (χ3n) is 4.47. The first-order chi connectivity index (χ1) is 11.6. The average molecular weight is 347 g/mol. The molecule has 1 aromatic carbocycles. The second kappa shape index (κ2) is 7.97. The minimum Gasteiger partial charge on any atom is -0.379 e. The quantitative estimate of drug-likeness (QED) is 0.905. The molecule has 1 aromatic heterocycles. The summed E-state index contributed by atoms with van der Waals surface area (Å²) in [6.45, 7) is 6.45. The summed E-state index contributed by atoms with van der Waals surface area (Å²) in [7, 11) is 0. The Morgan fingerprint density at radius 1 is 1.17 bits per heavy atom. The summed E-state index contributed by atoms with van der Waals surface area (Å²) in [6.07, 6.45) is 0.699. The molecule has 1 atom stereocenters. The number of halogens is 1. The van der Waals surface area contributed by atoms with Gasteiger partial charge in [0.15, 0.2) is 0 Å². The standard InChI is InChI=1S/C19H23ClN2O2/c1-14(13-22-8-10-24-11-9-22)18-7-6-17(21-19(18)23)12-15-2-4-16(20)5-3-15/h2-7,14H,8-13H2,1H3,(H,21,23). The summed E-state index contributed by atoms with van der Waals surface area (Å²) in [6, 6.07) is 11.7. The molecule has 128 valence electrons. The molecule has 1 saturated heterocycles. The molecule has 0 radical (unpaired) electrons. The van der Waals surface area contributed by atoms with Crippen molar-refractivity contribution in [3.8, 4) is 0 Å². The van der Waals surface area contributed by atoms with E-state index in [1.54, 1.807) is 0 Å². The van der Waals surface area contributed by atoms with Gasteiger partial charge in [-0.25, -0.2) is 0 Å². The third kappa shape index (κ3) is 4.47. The molecule has 1 unspecified atom stereocenters. The highest BCUT2D eigenvalue weighted by Crippen LogP contribution is 2.16. The van der Waals surface area contributed by atoms with E-state index in [1.165, 1.54) is 0 Å². The molecule has 3 rings (SSSR count). The number of nitrogens with one attached hydrogen (secondary N) is 1. The van der Waals surface area contributed by atoms with Crippen LogP contribution < -0.4 is 5.56 Å². The van der Waals surface area contributed by atoms with Gasteiger partial charge in [-0.2, -0.15) is 0 Å². The smallest absolute Gasteiger partial charge is 0.251 e. The molecule has 1 fully saturated rings. The molecular weight excluding hydrogens is 324 g/mol. The minimum absolute atomic E-state index is 0.0159. The van der Waals surface area contributed by atoms with Crippen molar-refractivity contribution in [3.63, 3.8) is 0 Å². The molecule has 4 nitrogen and oxygen atoms in total. The number of hydrogen-bond acceptors (Lipinski definition) is 3. The van der Waals surface area contributed by atoms with Crippen LogP contribution in [-0.2, 0) is 11.2 Å². The molecule has 0 amide bonds. The maximum Gasteiger partial charge on any atom is 0.251 e. The van der Waals surface area contributed by atoms with E-state index >= 15 is 0 Å². The Morgan fingerprint density at radius 3 is 2.54 bits per heavy atom. The van der Waals surface area contributed by atoms with Gasteiger partial charge in [-0.3, -0.25) is 9.69 Å². The maximum absolute atomic E-state index is 12.4. The fourth-order valence-electron chi connectivity index (χ4n) is 3.11. The number of H-pyrrole nitrogens is 1. The van der Waals surface area contributed by atoms with Gasteiger partial charge in [0.2, 0.25) is 0 Å². The molecule has 2 aromatic rings. The van der Waals surface area contributed by atoms with Gasteiger partial charge in [-0.05, 0) is 29.7 Å². The van der Waals surface area contributed by atoms with E-state index in [9.17, 15) is 4.79 Å². The van der Waals surface area contributed by atoms with Crippen LogP contribution >= 0.6 is 11.6 Å². The first-order valence-electron chi connectivity index (χ1n) is 8.38. The first-order valence-corrected chi connectivity index (χ1v) is 8.76. The highest BCUT2D eigenvalue weighted by Gasteiger charge is 2.17. The van der Waals surface area contributed by atoms with Gasteiger partial charge in [0.1, 0.15) is 0 Å². The highest BCUT2D eigenvalue weighted by atomic mass is 35.5. The summed E-state index contributed by atoms with van der Waals surface area (Å²) in [5.41, 5.74) is 2.91. The van der Waals surface area contributed by atoms with Crippen LogP contribution in [0.15, 0.2) is 41.2 Å². The van der Waals surface area contributed by atoms with E-state index in [0.717, 1.165) is 54.7 Å². The largest absolute Gasteiger partial charge is 0.379 e. The number of morpholine rings is 1. The van der Waals surface area contributed by atoms with Gasteiger partial charge < -0.3 is 9.72 Å². The lowest BCUT2D eigenvalue weighted by atomic mass is 10.0. The number of benzene rings is 1. The average Bonchev–Trinajstić information content (AvgIpc) is 2.58. The fourth-order valence-corrected chi connectivity index (χ4v) is 3.23. The summed E-state index contributed by atoms with van der Waals surface area (Å²) < 4.78 is 5.37. The summed E-state index contributed by atoms with van der Waals surface area (Å²) in [5.74, 6) is 0.205. The number of hydrogen-bond donors (Lipinski definition) is 1. The van der Waals surface area contributed by atoms with E-state index in [-0.39, 0.29) is 11.5 Å². The van der Waals surface area contributed by atoms with E-state index in [4.69, 9.17) is 16.3 Å². The van der Waals surface area contributed by atoms with Gasteiger partial charge in [0.05, 0.1) is 13.2 Å². The normalized spacial score (nSPS) is 16.9. The van der Waals surface area contributed by atoms with E-state index in [2.05, 4.69) is 16.8 Å². The molecule has 1 N–H and O–H groups in total. The second-order valence-corrected chi connectivity index (χ2v) is 6.82. The Kier molecular flexibility index (Phi) is 5.72. The third-order valence-corrected chi connectivity index (χ3v) is 4.73. The number of nitrogens with zero attached hydrogens (tertiary/aromatic N) is 1. The minimum atomic E-state index is 0.0159. The molecule has 2 heterocycles. The van der Waals surface area contributed by atoms with Crippen LogP contribution in [0.5, 0.6) is 0 Å². The first kappa shape index (κ1) is 17.2. The van der Waals surface area contributed by atoms with E-state index < -0.39 is 0 Å². The number of pyridine rings is 1. The lowest BCUT2D eigenvalue weighted by molar-refractivity contribution is 0.0357. The molecule has 5 heteroatoms. The van der Waals surface area contributed by atoms with Gasteiger partial charge in [0, 0.05) is 42.3 Å². The summed E-state index contributed by atoms with van der Waals surface area (Å²) in [4.78, 5) is 17.8. The Hall–Kier alpha value is -1.62. The number of aromatic amines is 1. The molecule has 0 saturated carbocycles. The van der Waals surface area contributed by atoms with Crippen LogP contribution in [0.1, 0.15) is 29.7 Å². The van der Waals surface area contributed by atoms with Crippen molar-refractivity contribution in [1.82, 2.24) is 9.88 Å². The lowest BCUT2D eigenvalue weighted by Crippen LogP contribution is -2.39. The predicted octanol–water partition coefficient (Wildman–Crippen LogP) is 3.05. The second-order valence-electron chi connectivity index (χ2n) is 6.39. The molecular formula is C19H23ClN2O2. The van der Waals surface area contributed by atoms with Crippen molar-refractivity contribution in [2.45, 2.75) is 19.3 Å². The van der Waals surface area contributed by atoms with Gasteiger partial charge in [0.25, 0.3) is 5.56 Å². The van der Waals surface area contributed by atoms with Crippen LogP contribution in [0, 0.1) is 0 Å². The SMILES string of the molecule is CC(CN1CCOCC1)c1ccc(Cc2ccc(Cl)cc2)[nH]c1=O. The lowest BCUT2D eigenvalue weighted by Gasteiger charge is -2.29. The molecule has 0 spiro atoms. The number of rotatable bonds is 5. The molecule has 1 aliphatic heterocycles. The van der Waals surface area contributed by atoms with E-state index in [0.29, 0.717) is 6.42 Å². The zero-order valence-corrected chi connectivity index (χ0v) is 14.7. The summed E-state index contributed by atoms with van der Waals surface area (Å²) >= 11 is 5.91. The van der Waals surface area contributed by atoms with Crippen molar-refractivity contribution >= 4 is 11.6 Å². The monoisotopic (exact) mass is 346 g/mol. The Morgan fingerprint density at radius 2 is 1.88 bits per heavy atom. The van der Waals surface area contributed by atoms with Gasteiger partial charge >= 0.3 is 0 Å². The Balaban J connectivity index is 1.67. The van der Waals surface area contributed by atoms with Crippen molar-refractivity contribution in [2.24, 2.45) is 0 Å². The van der Waals surface area contributed by atoms with Crippen LogP contribution in [0.3, 0.4) is 0 Å². The zero-order chi connectivity index (χ0) is 16.9. The Labute approximate surface area is 147 Å². The van der Waals surface area contributed by atoms with E-state index in [1.807, 2.05) is 36.4 Å². The van der Waals surface area contributed by atoms with Crippen LogP contribution in [-0.4, -0.2) is 42.7 Å². The number of aromatic nitrogens is 1. The Bertz CT molecular complexity index is 721. The van der Waals surface area contributed by atoms with Crippen molar-refractivity contribution < 1.29 is 4.74 Å². The van der Waals surface area contributed by atoms with Gasteiger partial charge in [-0.1, -0.05) is 36.7 Å². The molecule has 0 aliphatic carbocycles. The highest BCUT2D eigenvalue weighted by molar-refractivity contribution is 6.30. The van der Waals surface area contributed by atoms with Crippen LogP contribution in [0.4, 0.5) is 0 Å². The predicted molar refractivity (Wildman–Crippen MR) is 97.0 cm³/mol. The maximum atomic E-state index is 12.4. The van der Waals surface area contributed by atoms with Gasteiger partial charge in [-0.15, -0.1) is 0 Å². The molecule has 1 aliphatic rings. The van der Waals surface area contributed by atoms with Crippen molar-refractivity contribution in [1.29, 1.82) is 0 Å². The zero-order valence-electron chi connectivity index (χ0n) is 13.9. The van der Waals surface area contributed by atoms with Crippen molar-refractivity contribution in [2.75, 3.05) is 32.8 Å².